The summed E-state index contributed by atoms with van der Waals surface area (Å²) in [6, 6.07) is 2.11. The highest BCUT2D eigenvalue weighted by atomic mass is 16.5. The standard InChI is InChI=1S/C13H23N3O2/c1-2-4-13(17)16(6-3-5-14)8-7-15-9-11-18-12-10-15/h2-4,6-12H2,1H3. The van der Waals surface area contributed by atoms with Gasteiger partial charge in [-0.3, -0.25) is 9.69 Å². The van der Waals surface area contributed by atoms with Crippen molar-refractivity contribution in [1.82, 2.24) is 9.80 Å². The zero-order valence-electron chi connectivity index (χ0n) is 11.2. The van der Waals surface area contributed by atoms with Gasteiger partial charge in [0.15, 0.2) is 0 Å². The summed E-state index contributed by atoms with van der Waals surface area (Å²) in [4.78, 5) is 16.0. The zero-order valence-corrected chi connectivity index (χ0v) is 11.2. The number of amides is 1. The predicted octanol–water partition coefficient (Wildman–Crippen LogP) is 0.861. The molecule has 1 aliphatic heterocycles. The Balaban J connectivity index is 2.34. The molecule has 5 nitrogen and oxygen atoms in total. The smallest absolute Gasteiger partial charge is 0.222 e. The molecule has 1 aliphatic rings. The SMILES string of the molecule is CCCC(=O)N(CCC#N)CCN1CCOCC1. The van der Waals surface area contributed by atoms with Crippen LogP contribution in [0, 0.1) is 11.3 Å². The molecule has 0 bridgehead atoms. The van der Waals surface area contributed by atoms with Crippen LogP contribution in [0.25, 0.3) is 0 Å². The van der Waals surface area contributed by atoms with E-state index in [1.807, 2.05) is 11.8 Å². The fraction of sp³-hybridized carbons (Fsp3) is 0.846. The largest absolute Gasteiger partial charge is 0.379 e. The van der Waals surface area contributed by atoms with Crippen LogP contribution in [0.1, 0.15) is 26.2 Å². The summed E-state index contributed by atoms with van der Waals surface area (Å²) in [5.41, 5.74) is 0. The van der Waals surface area contributed by atoms with E-state index in [4.69, 9.17) is 10.00 Å². The molecule has 1 heterocycles. The van der Waals surface area contributed by atoms with Gasteiger partial charge in [0, 0.05) is 39.1 Å². The molecule has 0 spiro atoms. The number of morpholine rings is 1. The first-order valence-corrected chi connectivity index (χ1v) is 6.72. The number of carbonyl (C=O) groups excluding carboxylic acids is 1. The maximum atomic E-state index is 11.9. The molecule has 1 amide bonds. The summed E-state index contributed by atoms with van der Waals surface area (Å²) >= 11 is 0. The molecule has 0 unspecified atom stereocenters. The Morgan fingerprint density at radius 1 is 1.39 bits per heavy atom. The highest BCUT2D eigenvalue weighted by Gasteiger charge is 2.15. The van der Waals surface area contributed by atoms with Crippen LogP contribution in [0.4, 0.5) is 0 Å². The van der Waals surface area contributed by atoms with Crippen molar-refractivity contribution in [1.29, 1.82) is 5.26 Å². The van der Waals surface area contributed by atoms with E-state index in [0.717, 1.165) is 45.8 Å². The van der Waals surface area contributed by atoms with Gasteiger partial charge in [0.05, 0.1) is 25.7 Å². The van der Waals surface area contributed by atoms with E-state index in [9.17, 15) is 4.79 Å². The van der Waals surface area contributed by atoms with E-state index in [1.54, 1.807) is 0 Å². The second-order valence-electron chi connectivity index (χ2n) is 4.49. The number of ether oxygens (including phenoxy) is 1. The molecule has 0 atom stereocenters. The minimum Gasteiger partial charge on any atom is -0.379 e. The molecule has 1 rings (SSSR count). The lowest BCUT2D eigenvalue weighted by molar-refractivity contribution is -0.131. The molecule has 0 saturated carbocycles. The monoisotopic (exact) mass is 253 g/mol. The van der Waals surface area contributed by atoms with Gasteiger partial charge in [-0.1, -0.05) is 6.92 Å². The molecular weight excluding hydrogens is 230 g/mol. The molecule has 5 heteroatoms. The Labute approximate surface area is 109 Å². The predicted molar refractivity (Wildman–Crippen MR) is 69.0 cm³/mol. The number of rotatable bonds is 7. The lowest BCUT2D eigenvalue weighted by Crippen LogP contribution is -2.43. The zero-order chi connectivity index (χ0) is 13.2. The quantitative estimate of drug-likeness (QED) is 0.675. The van der Waals surface area contributed by atoms with Gasteiger partial charge in [0.2, 0.25) is 5.91 Å². The van der Waals surface area contributed by atoms with Gasteiger partial charge in [0.1, 0.15) is 0 Å². The van der Waals surface area contributed by atoms with Crippen LogP contribution in [0.5, 0.6) is 0 Å². The minimum absolute atomic E-state index is 0.168. The van der Waals surface area contributed by atoms with Crippen molar-refractivity contribution in [2.24, 2.45) is 0 Å². The van der Waals surface area contributed by atoms with E-state index in [0.29, 0.717) is 19.4 Å². The number of hydrogen-bond acceptors (Lipinski definition) is 4. The van der Waals surface area contributed by atoms with Crippen LogP contribution < -0.4 is 0 Å². The first kappa shape index (κ1) is 14.9. The molecule has 1 saturated heterocycles. The highest BCUT2D eigenvalue weighted by Crippen LogP contribution is 2.02. The van der Waals surface area contributed by atoms with E-state index in [-0.39, 0.29) is 5.91 Å². The molecule has 0 aromatic heterocycles. The fourth-order valence-corrected chi connectivity index (χ4v) is 2.01. The van der Waals surface area contributed by atoms with Crippen LogP contribution in [0.2, 0.25) is 0 Å². The molecule has 0 N–H and O–H groups in total. The van der Waals surface area contributed by atoms with Crippen LogP contribution >= 0.6 is 0 Å². The van der Waals surface area contributed by atoms with Crippen molar-refractivity contribution in [3.63, 3.8) is 0 Å². The molecule has 0 aliphatic carbocycles. The Morgan fingerprint density at radius 3 is 2.72 bits per heavy atom. The van der Waals surface area contributed by atoms with E-state index in [1.165, 1.54) is 0 Å². The third-order valence-electron chi connectivity index (χ3n) is 3.10. The normalized spacial score (nSPS) is 16.2. The van der Waals surface area contributed by atoms with Crippen molar-refractivity contribution in [2.45, 2.75) is 26.2 Å². The first-order valence-electron chi connectivity index (χ1n) is 6.72. The highest BCUT2D eigenvalue weighted by molar-refractivity contribution is 5.76. The minimum atomic E-state index is 0.168. The fourth-order valence-electron chi connectivity index (χ4n) is 2.01. The van der Waals surface area contributed by atoms with Crippen molar-refractivity contribution < 1.29 is 9.53 Å². The average Bonchev–Trinajstić information content (AvgIpc) is 2.40. The summed E-state index contributed by atoms with van der Waals surface area (Å²) in [6.07, 6.45) is 1.85. The Bertz CT molecular complexity index is 282. The molecule has 18 heavy (non-hydrogen) atoms. The third kappa shape index (κ3) is 5.48. The second-order valence-corrected chi connectivity index (χ2v) is 4.49. The molecule has 0 aromatic carbocycles. The van der Waals surface area contributed by atoms with Crippen LogP contribution in [-0.4, -0.2) is 61.6 Å². The second kappa shape index (κ2) is 8.90. The Kier molecular flexibility index (Phi) is 7.38. The molecule has 0 radical (unpaired) electrons. The van der Waals surface area contributed by atoms with Crippen LogP contribution in [0.3, 0.4) is 0 Å². The summed E-state index contributed by atoms with van der Waals surface area (Å²) in [5.74, 6) is 0.168. The number of nitrogens with zero attached hydrogens (tertiary/aromatic N) is 3. The summed E-state index contributed by atoms with van der Waals surface area (Å²) in [7, 11) is 0. The first-order chi connectivity index (χ1) is 8.77. The van der Waals surface area contributed by atoms with Crippen molar-refractivity contribution in [3.8, 4) is 6.07 Å². The topological polar surface area (TPSA) is 56.6 Å². The Morgan fingerprint density at radius 2 is 2.11 bits per heavy atom. The van der Waals surface area contributed by atoms with Gasteiger partial charge in [-0.2, -0.15) is 5.26 Å². The molecule has 0 aromatic rings. The average molecular weight is 253 g/mol. The van der Waals surface area contributed by atoms with Crippen LogP contribution in [0.15, 0.2) is 0 Å². The van der Waals surface area contributed by atoms with E-state index >= 15 is 0 Å². The van der Waals surface area contributed by atoms with Crippen molar-refractivity contribution in [2.75, 3.05) is 45.9 Å². The number of hydrogen-bond donors (Lipinski definition) is 0. The molecule has 1 fully saturated rings. The number of nitriles is 1. The summed E-state index contributed by atoms with van der Waals surface area (Å²) in [6.45, 7) is 7.59. The lowest BCUT2D eigenvalue weighted by Gasteiger charge is -2.29. The Hall–Kier alpha value is -1.12. The van der Waals surface area contributed by atoms with Gasteiger partial charge < -0.3 is 9.64 Å². The van der Waals surface area contributed by atoms with Gasteiger partial charge in [0.25, 0.3) is 0 Å². The van der Waals surface area contributed by atoms with E-state index < -0.39 is 0 Å². The van der Waals surface area contributed by atoms with Gasteiger partial charge in [-0.05, 0) is 6.42 Å². The van der Waals surface area contributed by atoms with Crippen LogP contribution in [-0.2, 0) is 9.53 Å². The molecular formula is C13H23N3O2. The number of carbonyl (C=O) groups is 1. The molecule has 102 valence electrons. The maximum Gasteiger partial charge on any atom is 0.222 e. The summed E-state index contributed by atoms with van der Waals surface area (Å²) < 4.78 is 5.29. The van der Waals surface area contributed by atoms with Gasteiger partial charge in [-0.25, -0.2) is 0 Å². The summed E-state index contributed by atoms with van der Waals surface area (Å²) in [5, 5.41) is 8.63. The third-order valence-corrected chi connectivity index (χ3v) is 3.10. The lowest BCUT2D eigenvalue weighted by atomic mass is 10.2. The van der Waals surface area contributed by atoms with E-state index in [2.05, 4.69) is 11.0 Å². The van der Waals surface area contributed by atoms with Gasteiger partial charge in [-0.15, -0.1) is 0 Å². The van der Waals surface area contributed by atoms with Crippen molar-refractivity contribution >= 4 is 5.91 Å². The maximum absolute atomic E-state index is 11.9. The van der Waals surface area contributed by atoms with Gasteiger partial charge >= 0.3 is 0 Å². The van der Waals surface area contributed by atoms with Crippen molar-refractivity contribution in [3.05, 3.63) is 0 Å².